The lowest BCUT2D eigenvalue weighted by atomic mass is 10.1. The van der Waals surface area contributed by atoms with Crippen LogP contribution in [0.15, 0.2) is 17.0 Å². The first-order valence-electron chi connectivity index (χ1n) is 6.68. The van der Waals surface area contributed by atoms with Crippen molar-refractivity contribution in [1.82, 2.24) is 5.32 Å². The second kappa shape index (κ2) is 8.33. The van der Waals surface area contributed by atoms with Crippen LogP contribution in [0, 0.1) is 0 Å². The van der Waals surface area contributed by atoms with Crippen LogP contribution in [-0.2, 0) is 6.54 Å². The van der Waals surface area contributed by atoms with Crippen LogP contribution in [0.1, 0.15) is 32.3 Å². The predicted octanol–water partition coefficient (Wildman–Crippen LogP) is 3.70. The average Bonchev–Trinajstić information content (AvgIpc) is 2.44. The summed E-state index contributed by atoms with van der Waals surface area (Å²) in [7, 11) is 3.34. The first kappa shape index (κ1) is 16.2. The van der Waals surface area contributed by atoms with Crippen molar-refractivity contribution in [2.24, 2.45) is 0 Å². The van der Waals surface area contributed by atoms with Crippen molar-refractivity contribution in [2.75, 3.05) is 20.5 Å². The zero-order chi connectivity index (χ0) is 14.3. The van der Waals surface area contributed by atoms with E-state index in [2.05, 4.69) is 31.5 Å². The second-order valence-electron chi connectivity index (χ2n) is 4.59. The molecule has 0 saturated heterocycles. The van der Waals surface area contributed by atoms with Crippen molar-refractivity contribution >= 4 is 11.8 Å². The molecule has 0 aliphatic rings. The summed E-state index contributed by atoms with van der Waals surface area (Å²) in [5, 5.41) is 3.55. The largest absolute Gasteiger partial charge is 0.493 e. The molecule has 3 nitrogen and oxygen atoms in total. The van der Waals surface area contributed by atoms with Gasteiger partial charge in [-0.25, -0.2) is 0 Å². The lowest BCUT2D eigenvalue weighted by molar-refractivity contribution is 0.353. The molecule has 0 bridgehead atoms. The van der Waals surface area contributed by atoms with E-state index in [0.717, 1.165) is 18.0 Å². The summed E-state index contributed by atoms with van der Waals surface area (Å²) in [6, 6.07) is 4.65. The molecule has 1 aromatic carbocycles. The van der Waals surface area contributed by atoms with Gasteiger partial charge in [-0.1, -0.05) is 13.3 Å². The van der Waals surface area contributed by atoms with Crippen molar-refractivity contribution < 1.29 is 9.47 Å². The number of methoxy groups -OCH3 is 2. The van der Waals surface area contributed by atoms with Crippen molar-refractivity contribution in [2.45, 2.75) is 44.2 Å². The van der Waals surface area contributed by atoms with Gasteiger partial charge < -0.3 is 14.8 Å². The van der Waals surface area contributed by atoms with Crippen molar-refractivity contribution in [3.05, 3.63) is 17.7 Å². The van der Waals surface area contributed by atoms with Gasteiger partial charge in [0, 0.05) is 17.5 Å². The summed E-state index contributed by atoms with van der Waals surface area (Å²) < 4.78 is 10.7. The Labute approximate surface area is 121 Å². The van der Waals surface area contributed by atoms with E-state index in [9.17, 15) is 0 Å². The van der Waals surface area contributed by atoms with Gasteiger partial charge in [-0.3, -0.25) is 0 Å². The number of thioether (sulfide) groups is 1. The monoisotopic (exact) mass is 283 g/mol. The maximum Gasteiger partial charge on any atom is 0.161 e. The molecule has 108 valence electrons. The van der Waals surface area contributed by atoms with Crippen molar-refractivity contribution in [3.63, 3.8) is 0 Å². The summed E-state index contributed by atoms with van der Waals surface area (Å²) in [6.45, 7) is 5.29. The van der Waals surface area contributed by atoms with Gasteiger partial charge in [0.05, 0.1) is 14.2 Å². The minimum absolute atomic E-state index is 0.535. The molecule has 0 radical (unpaired) electrons. The molecule has 0 spiro atoms. The van der Waals surface area contributed by atoms with Gasteiger partial charge >= 0.3 is 0 Å². The van der Waals surface area contributed by atoms with Crippen LogP contribution in [0.3, 0.4) is 0 Å². The summed E-state index contributed by atoms with van der Waals surface area (Å²) in [4.78, 5) is 1.23. The van der Waals surface area contributed by atoms with E-state index in [4.69, 9.17) is 9.47 Å². The fourth-order valence-electron chi connectivity index (χ4n) is 2.05. The summed E-state index contributed by atoms with van der Waals surface area (Å²) >= 11 is 1.73. The lowest BCUT2D eigenvalue weighted by Gasteiger charge is -2.17. The molecule has 0 heterocycles. The molecule has 1 atom stereocenters. The number of benzene rings is 1. The first-order chi connectivity index (χ1) is 9.15. The Hall–Kier alpha value is -0.870. The smallest absolute Gasteiger partial charge is 0.161 e. The predicted molar refractivity (Wildman–Crippen MR) is 82.5 cm³/mol. The van der Waals surface area contributed by atoms with E-state index in [1.165, 1.54) is 23.3 Å². The number of hydrogen-bond donors (Lipinski definition) is 1. The second-order valence-corrected chi connectivity index (χ2v) is 5.44. The van der Waals surface area contributed by atoms with Gasteiger partial charge in [0.2, 0.25) is 0 Å². The normalized spacial score (nSPS) is 12.3. The highest BCUT2D eigenvalue weighted by Gasteiger charge is 2.11. The van der Waals surface area contributed by atoms with Crippen LogP contribution in [0.2, 0.25) is 0 Å². The fraction of sp³-hybridized carbons (Fsp3) is 0.600. The highest BCUT2D eigenvalue weighted by Crippen LogP contribution is 2.34. The Morgan fingerprint density at radius 1 is 1.21 bits per heavy atom. The topological polar surface area (TPSA) is 30.5 Å². The minimum Gasteiger partial charge on any atom is -0.493 e. The third-order valence-electron chi connectivity index (χ3n) is 3.15. The molecule has 0 amide bonds. The van der Waals surface area contributed by atoms with Gasteiger partial charge in [-0.15, -0.1) is 11.8 Å². The SMILES string of the molecule is CCCC(C)NCc1cc(OC)c(OC)cc1SC. The van der Waals surface area contributed by atoms with Crippen LogP contribution in [0.25, 0.3) is 0 Å². The maximum absolute atomic E-state index is 5.37. The van der Waals surface area contributed by atoms with Crippen LogP contribution in [0.4, 0.5) is 0 Å². The van der Waals surface area contributed by atoms with Gasteiger partial charge in [0.1, 0.15) is 0 Å². The molecule has 0 saturated carbocycles. The van der Waals surface area contributed by atoms with Gasteiger partial charge in [0.15, 0.2) is 11.5 Å². The van der Waals surface area contributed by atoms with E-state index in [1.807, 2.05) is 6.07 Å². The van der Waals surface area contributed by atoms with E-state index in [1.54, 1.807) is 26.0 Å². The van der Waals surface area contributed by atoms with Crippen LogP contribution in [-0.4, -0.2) is 26.5 Å². The molecule has 0 aromatic heterocycles. The Balaban J connectivity index is 2.86. The molecular formula is C15H25NO2S. The Morgan fingerprint density at radius 3 is 2.37 bits per heavy atom. The van der Waals surface area contributed by atoms with E-state index in [0.29, 0.717) is 6.04 Å². The molecule has 1 unspecified atom stereocenters. The molecule has 1 aromatic rings. The zero-order valence-electron chi connectivity index (χ0n) is 12.6. The third kappa shape index (κ3) is 4.62. The lowest BCUT2D eigenvalue weighted by Crippen LogP contribution is -2.25. The van der Waals surface area contributed by atoms with Crippen molar-refractivity contribution in [1.29, 1.82) is 0 Å². The van der Waals surface area contributed by atoms with Gasteiger partial charge in [0.25, 0.3) is 0 Å². The van der Waals surface area contributed by atoms with E-state index in [-0.39, 0.29) is 0 Å². The summed E-state index contributed by atoms with van der Waals surface area (Å²) in [5.41, 5.74) is 1.26. The standard InChI is InChI=1S/C15H25NO2S/c1-6-7-11(2)16-10-12-8-13(17-3)14(18-4)9-15(12)19-5/h8-9,11,16H,6-7,10H2,1-5H3. The highest BCUT2D eigenvalue weighted by atomic mass is 32.2. The molecule has 0 fully saturated rings. The number of ether oxygens (including phenoxy) is 2. The molecule has 4 heteroatoms. The highest BCUT2D eigenvalue weighted by molar-refractivity contribution is 7.98. The first-order valence-corrected chi connectivity index (χ1v) is 7.91. The summed E-state index contributed by atoms with van der Waals surface area (Å²) in [6.07, 6.45) is 4.48. The molecule has 0 aliphatic carbocycles. The minimum atomic E-state index is 0.535. The molecular weight excluding hydrogens is 258 g/mol. The Bertz CT molecular complexity index is 396. The van der Waals surface area contributed by atoms with Crippen LogP contribution in [0.5, 0.6) is 11.5 Å². The third-order valence-corrected chi connectivity index (χ3v) is 3.97. The van der Waals surface area contributed by atoms with Crippen LogP contribution < -0.4 is 14.8 Å². The Kier molecular flexibility index (Phi) is 7.10. The molecule has 0 aliphatic heterocycles. The molecule has 1 N–H and O–H groups in total. The zero-order valence-corrected chi connectivity index (χ0v) is 13.4. The number of hydrogen-bond acceptors (Lipinski definition) is 4. The van der Waals surface area contributed by atoms with E-state index >= 15 is 0 Å². The summed E-state index contributed by atoms with van der Waals surface area (Å²) in [5.74, 6) is 1.58. The maximum atomic E-state index is 5.37. The Morgan fingerprint density at radius 2 is 1.84 bits per heavy atom. The molecule has 1 rings (SSSR count). The molecule has 19 heavy (non-hydrogen) atoms. The van der Waals surface area contributed by atoms with Gasteiger partial charge in [-0.2, -0.15) is 0 Å². The van der Waals surface area contributed by atoms with Gasteiger partial charge in [-0.05, 0) is 37.3 Å². The average molecular weight is 283 g/mol. The fourth-order valence-corrected chi connectivity index (χ4v) is 2.67. The van der Waals surface area contributed by atoms with E-state index < -0.39 is 0 Å². The number of rotatable bonds is 8. The quantitative estimate of drug-likeness (QED) is 0.737. The van der Waals surface area contributed by atoms with Crippen LogP contribution >= 0.6 is 11.8 Å². The van der Waals surface area contributed by atoms with Crippen molar-refractivity contribution in [3.8, 4) is 11.5 Å². The number of nitrogens with one attached hydrogen (secondary N) is 1.